The molecule has 0 bridgehead atoms. The molecule has 2 heterocycles. The SMILES string of the molecule is Cn1nnnc1N1CCC(C)(C(=O)O)CC1. The van der Waals surface area contributed by atoms with Crippen LogP contribution >= 0.6 is 0 Å². The summed E-state index contributed by atoms with van der Waals surface area (Å²) in [6.45, 7) is 3.15. The molecule has 1 aromatic rings. The summed E-state index contributed by atoms with van der Waals surface area (Å²) in [5, 5.41) is 20.4. The lowest BCUT2D eigenvalue weighted by Gasteiger charge is -2.36. The average molecular weight is 225 g/mol. The summed E-state index contributed by atoms with van der Waals surface area (Å²) in [6.07, 6.45) is 1.24. The molecule has 7 nitrogen and oxygen atoms in total. The highest BCUT2D eigenvalue weighted by Crippen LogP contribution is 2.32. The molecule has 16 heavy (non-hydrogen) atoms. The minimum absolute atomic E-state index is 0.609. The Bertz CT molecular complexity index is 394. The van der Waals surface area contributed by atoms with Gasteiger partial charge in [-0.1, -0.05) is 5.10 Å². The van der Waals surface area contributed by atoms with E-state index in [1.165, 1.54) is 0 Å². The zero-order chi connectivity index (χ0) is 11.8. The van der Waals surface area contributed by atoms with Crippen molar-refractivity contribution in [2.45, 2.75) is 19.8 Å². The third-order valence-electron chi connectivity index (χ3n) is 3.26. The molecule has 0 aliphatic carbocycles. The Labute approximate surface area is 93.0 Å². The van der Waals surface area contributed by atoms with Gasteiger partial charge in [0.1, 0.15) is 0 Å². The third-order valence-corrected chi connectivity index (χ3v) is 3.26. The number of hydrogen-bond donors (Lipinski definition) is 1. The summed E-state index contributed by atoms with van der Waals surface area (Å²) in [5.74, 6) is -0.0179. The van der Waals surface area contributed by atoms with Crippen LogP contribution in [0.1, 0.15) is 19.8 Å². The minimum atomic E-state index is -0.719. The van der Waals surface area contributed by atoms with Gasteiger partial charge in [-0.3, -0.25) is 4.79 Å². The van der Waals surface area contributed by atoms with E-state index in [1.807, 2.05) is 4.90 Å². The molecule has 7 heteroatoms. The number of hydrogen-bond acceptors (Lipinski definition) is 5. The van der Waals surface area contributed by atoms with Crippen LogP contribution in [-0.4, -0.2) is 44.4 Å². The second kappa shape index (κ2) is 3.73. The van der Waals surface area contributed by atoms with Crippen LogP contribution < -0.4 is 4.90 Å². The average Bonchev–Trinajstić information content (AvgIpc) is 2.66. The molecule has 0 spiro atoms. The number of carboxylic acids is 1. The van der Waals surface area contributed by atoms with Gasteiger partial charge in [-0.05, 0) is 30.2 Å². The number of tetrazole rings is 1. The molecule has 0 saturated carbocycles. The molecule has 1 aromatic heterocycles. The lowest BCUT2D eigenvalue weighted by Crippen LogP contribution is -2.43. The minimum Gasteiger partial charge on any atom is -0.481 e. The van der Waals surface area contributed by atoms with Crippen molar-refractivity contribution in [3.05, 3.63) is 0 Å². The van der Waals surface area contributed by atoms with Gasteiger partial charge in [-0.15, -0.1) is 0 Å². The fourth-order valence-corrected chi connectivity index (χ4v) is 1.91. The van der Waals surface area contributed by atoms with Crippen molar-refractivity contribution in [3.63, 3.8) is 0 Å². The maximum atomic E-state index is 11.1. The Hall–Kier alpha value is -1.66. The summed E-state index contributed by atoms with van der Waals surface area (Å²) >= 11 is 0. The fraction of sp³-hybridized carbons (Fsp3) is 0.778. The van der Waals surface area contributed by atoms with Crippen molar-refractivity contribution in [2.24, 2.45) is 12.5 Å². The van der Waals surface area contributed by atoms with E-state index in [2.05, 4.69) is 15.5 Å². The summed E-state index contributed by atoms with van der Waals surface area (Å²) in [5.41, 5.74) is -0.609. The lowest BCUT2D eigenvalue weighted by molar-refractivity contribution is -0.149. The molecule has 1 aliphatic rings. The topological polar surface area (TPSA) is 84.1 Å². The van der Waals surface area contributed by atoms with Crippen molar-refractivity contribution in [1.82, 2.24) is 20.2 Å². The van der Waals surface area contributed by atoms with Gasteiger partial charge in [-0.25, -0.2) is 4.68 Å². The Balaban J connectivity index is 2.06. The van der Waals surface area contributed by atoms with E-state index in [-0.39, 0.29) is 0 Å². The Kier molecular flexibility index (Phi) is 2.53. The maximum Gasteiger partial charge on any atom is 0.309 e. The lowest BCUT2D eigenvalue weighted by atomic mass is 9.80. The van der Waals surface area contributed by atoms with E-state index in [0.29, 0.717) is 31.9 Å². The molecule has 1 fully saturated rings. The Morgan fingerprint density at radius 1 is 1.44 bits per heavy atom. The van der Waals surface area contributed by atoms with E-state index in [4.69, 9.17) is 5.11 Å². The first-order valence-corrected chi connectivity index (χ1v) is 5.24. The molecule has 1 saturated heterocycles. The quantitative estimate of drug-likeness (QED) is 0.756. The van der Waals surface area contributed by atoms with Gasteiger partial charge in [0.2, 0.25) is 5.95 Å². The van der Waals surface area contributed by atoms with E-state index in [0.717, 1.165) is 0 Å². The van der Waals surface area contributed by atoms with Crippen LogP contribution in [0, 0.1) is 5.41 Å². The normalized spacial score (nSPS) is 19.8. The molecule has 1 aliphatic heterocycles. The first kappa shape index (κ1) is 10.8. The van der Waals surface area contributed by atoms with E-state index in [1.54, 1.807) is 18.7 Å². The molecular formula is C9H15N5O2. The highest BCUT2D eigenvalue weighted by molar-refractivity contribution is 5.74. The number of rotatable bonds is 2. The number of carbonyl (C=O) groups is 1. The Morgan fingerprint density at radius 2 is 2.06 bits per heavy atom. The van der Waals surface area contributed by atoms with Gasteiger partial charge in [-0.2, -0.15) is 0 Å². The van der Waals surface area contributed by atoms with Crippen molar-refractivity contribution < 1.29 is 9.90 Å². The van der Waals surface area contributed by atoms with E-state index < -0.39 is 11.4 Å². The van der Waals surface area contributed by atoms with Crippen molar-refractivity contribution in [3.8, 4) is 0 Å². The van der Waals surface area contributed by atoms with Crippen LogP contribution in [0.2, 0.25) is 0 Å². The molecule has 1 N–H and O–H groups in total. The summed E-state index contributed by atoms with van der Waals surface area (Å²) in [7, 11) is 1.78. The number of carboxylic acid groups (broad SMARTS) is 1. The number of aryl methyl sites for hydroxylation is 1. The highest BCUT2D eigenvalue weighted by Gasteiger charge is 2.37. The van der Waals surface area contributed by atoms with Crippen LogP contribution in [-0.2, 0) is 11.8 Å². The van der Waals surface area contributed by atoms with Crippen LogP contribution in [0.4, 0.5) is 5.95 Å². The number of nitrogens with zero attached hydrogens (tertiary/aromatic N) is 5. The van der Waals surface area contributed by atoms with Crippen molar-refractivity contribution in [1.29, 1.82) is 0 Å². The van der Waals surface area contributed by atoms with Crippen molar-refractivity contribution in [2.75, 3.05) is 18.0 Å². The van der Waals surface area contributed by atoms with Crippen LogP contribution in [0.5, 0.6) is 0 Å². The summed E-state index contributed by atoms with van der Waals surface area (Å²) in [6, 6.07) is 0. The molecular weight excluding hydrogens is 210 g/mol. The second-order valence-corrected chi connectivity index (χ2v) is 4.46. The molecule has 0 atom stereocenters. The monoisotopic (exact) mass is 225 g/mol. The molecule has 0 unspecified atom stereocenters. The fourth-order valence-electron chi connectivity index (χ4n) is 1.91. The van der Waals surface area contributed by atoms with Crippen molar-refractivity contribution >= 4 is 11.9 Å². The Morgan fingerprint density at radius 3 is 2.50 bits per heavy atom. The number of aliphatic carboxylic acids is 1. The first-order chi connectivity index (χ1) is 7.53. The maximum absolute atomic E-state index is 11.1. The zero-order valence-corrected chi connectivity index (χ0v) is 9.42. The number of anilines is 1. The zero-order valence-electron chi connectivity index (χ0n) is 9.42. The summed E-state index contributed by atoms with van der Waals surface area (Å²) in [4.78, 5) is 13.1. The molecule has 2 rings (SSSR count). The van der Waals surface area contributed by atoms with E-state index >= 15 is 0 Å². The van der Waals surface area contributed by atoms with Gasteiger partial charge in [0, 0.05) is 20.1 Å². The van der Waals surface area contributed by atoms with Gasteiger partial charge < -0.3 is 10.0 Å². The molecule has 0 aromatic carbocycles. The first-order valence-electron chi connectivity index (χ1n) is 5.24. The van der Waals surface area contributed by atoms with Crippen LogP contribution in [0.25, 0.3) is 0 Å². The molecule has 0 amide bonds. The third kappa shape index (κ3) is 1.72. The smallest absolute Gasteiger partial charge is 0.309 e. The van der Waals surface area contributed by atoms with Gasteiger partial charge in [0.25, 0.3) is 0 Å². The predicted molar refractivity (Wildman–Crippen MR) is 56.0 cm³/mol. The van der Waals surface area contributed by atoms with E-state index in [9.17, 15) is 4.79 Å². The standard InChI is InChI=1S/C9H15N5O2/c1-9(7(15)16)3-5-14(6-4-9)8-10-11-12-13(8)2/h3-6H2,1-2H3,(H,15,16). The number of piperidine rings is 1. The second-order valence-electron chi connectivity index (χ2n) is 4.46. The molecule has 88 valence electrons. The van der Waals surface area contributed by atoms with Gasteiger partial charge in [0.15, 0.2) is 0 Å². The molecule has 0 radical (unpaired) electrons. The largest absolute Gasteiger partial charge is 0.481 e. The number of aromatic nitrogens is 4. The van der Waals surface area contributed by atoms with Crippen LogP contribution in [0.15, 0.2) is 0 Å². The predicted octanol–water partition coefficient (Wildman–Crippen LogP) is -0.0988. The summed E-state index contributed by atoms with van der Waals surface area (Å²) < 4.78 is 1.60. The van der Waals surface area contributed by atoms with Gasteiger partial charge >= 0.3 is 5.97 Å². The highest BCUT2D eigenvalue weighted by atomic mass is 16.4. The van der Waals surface area contributed by atoms with Crippen LogP contribution in [0.3, 0.4) is 0 Å². The van der Waals surface area contributed by atoms with Gasteiger partial charge in [0.05, 0.1) is 5.41 Å².